The van der Waals surface area contributed by atoms with Crippen LogP contribution >= 0.6 is 0 Å². The fourth-order valence-corrected chi connectivity index (χ4v) is 1.78. The van der Waals surface area contributed by atoms with E-state index >= 15 is 0 Å². The molecule has 0 saturated carbocycles. The first-order valence-corrected chi connectivity index (χ1v) is 5.36. The van der Waals surface area contributed by atoms with Crippen LogP contribution in [0.1, 0.15) is 13.8 Å². The largest absolute Gasteiger partial charge is 0.512 e. The quantitative estimate of drug-likeness (QED) is 0.313. The molecule has 5 heteroatoms. The SMILES string of the molecule is CC(=O)C(C(=N)N1CCN(C)CC1)=C(C)O. The van der Waals surface area contributed by atoms with Gasteiger partial charge < -0.3 is 14.9 Å². The van der Waals surface area contributed by atoms with Crippen LogP contribution in [0.15, 0.2) is 11.3 Å². The van der Waals surface area contributed by atoms with E-state index in [9.17, 15) is 9.90 Å². The first-order valence-electron chi connectivity index (χ1n) is 5.36. The minimum atomic E-state index is -0.260. The number of ketones is 1. The Kier molecular flexibility index (Phi) is 4.06. The van der Waals surface area contributed by atoms with Gasteiger partial charge in [-0.05, 0) is 20.9 Å². The molecule has 1 heterocycles. The molecule has 0 radical (unpaired) electrons. The van der Waals surface area contributed by atoms with Crippen molar-refractivity contribution >= 4 is 11.6 Å². The second kappa shape index (κ2) is 5.12. The third-order valence-corrected chi connectivity index (χ3v) is 2.77. The summed E-state index contributed by atoms with van der Waals surface area (Å²) in [5.41, 5.74) is 0.129. The number of rotatable bonds is 2. The van der Waals surface area contributed by atoms with Crippen LogP contribution in [-0.4, -0.2) is 59.8 Å². The Morgan fingerprint density at radius 1 is 1.19 bits per heavy atom. The molecule has 90 valence electrons. The van der Waals surface area contributed by atoms with Gasteiger partial charge in [-0.1, -0.05) is 0 Å². The zero-order valence-corrected chi connectivity index (χ0v) is 10.1. The lowest BCUT2D eigenvalue weighted by Gasteiger charge is -2.34. The average molecular weight is 225 g/mol. The highest BCUT2D eigenvalue weighted by Crippen LogP contribution is 2.10. The maximum atomic E-state index is 11.3. The molecule has 0 aromatic rings. The third-order valence-electron chi connectivity index (χ3n) is 2.77. The second-order valence-corrected chi connectivity index (χ2v) is 4.16. The molecule has 0 amide bonds. The van der Waals surface area contributed by atoms with E-state index in [-0.39, 0.29) is 23.0 Å². The Balaban J connectivity index is 2.77. The van der Waals surface area contributed by atoms with Crippen LogP contribution < -0.4 is 0 Å². The first kappa shape index (κ1) is 12.7. The van der Waals surface area contributed by atoms with Gasteiger partial charge >= 0.3 is 0 Å². The first-order chi connectivity index (χ1) is 7.43. The zero-order chi connectivity index (χ0) is 12.3. The number of piperazine rings is 1. The van der Waals surface area contributed by atoms with Crippen molar-refractivity contribution in [1.82, 2.24) is 9.80 Å². The molecular weight excluding hydrogens is 206 g/mol. The van der Waals surface area contributed by atoms with Crippen molar-refractivity contribution in [2.75, 3.05) is 33.2 Å². The van der Waals surface area contributed by atoms with Crippen LogP contribution in [0.2, 0.25) is 0 Å². The molecule has 2 N–H and O–H groups in total. The summed E-state index contributed by atoms with van der Waals surface area (Å²) in [5, 5.41) is 17.4. The van der Waals surface area contributed by atoms with Crippen molar-refractivity contribution in [3.05, 3.63) is 11.3 Å². The Bertz CT molecular complexity index is 324. The van der Waals surface area contributed by atoms with Crippen LogP contribution in [0, 0.1) is 5.41 Å². The topological polar surface area (TPSA) is 67.6 Å². The van der Waals surface area contributed by atoms with Crippen molar-refractivity contribution in [2.45, 2.75) is 13.8 Å². The number of carbonyl (C=O) groups excluding carboxylic acids is 1. The van der Waals surface area contributed by atoms with E-state index in [0.29, 0.717) is 0 Å². The molecule has 1 saturated heterocycles. The molecule has 0 aromatic heterocycles. The fraction of sp³-hybridized carbons (Fsp3) is 0.636. The summed E-state index contributed by atoms with van der Waals surface area (Å²) in [7, 11) is 2.03. The Labute approximate surface area is 95.9 Å². The summed E-state index contributed by atoms with van der Waals surface area (Å²) in [6.07, 6.45) is 0. The van der Waals surface area contributed by atoms with Gasteiger partial charge in [0.2, 0.25) is 0 Å². The number of likely N-dealkylation sites (N-methyl/N-ethyl adjacent to an activating group) is 1. The molecule has 0 unspecified atom stereocenters. The molecule has 1 fully saturated rings. The number of Topliss-reactive ketones (excluding diaryl/α,β-unsaturated/α-hetero) is 1. The Morgan fingerprint density at radius 3 is 2.06 bits per heavy atom. The van der Waals surface area contributed by atoms with Crippen molar-refractivity contribution < 1.29 is 9.90 Å². The van der Waals surface area contributed by atoms with Gasteiger partial charge in [-0.15, -0.1) is 0 Å². The lowest BCUT2D eigenvalue weighted by Crippen LogP contribution is -2.48. The van der Waals surface area contributed by atoms with Gasteiger partial charge in [0.25, 0.3) is 0 Å². The van der Waals surface area contributed by atoms with Gasteiger partial charge in [0.1, 0.15) is 11.6 Å². The van der Waals surface area contributed by atoms with Crippen molar-refractivity contribution in [1.29, 1.82) is 5.41 Å². The lowest BCUT2D eigenvalue weighted by atomic mass is 10.1. The average Bonchev–Trinajstić information content (AvgIpc) is 2.17. The molecule has 1 rings (SSSR count). The third kappa shape index (κ3) is 2.82. The van der Waals surface area contributed by atoms with Gasteiger partial charge in [-0.3, -0.25) is 10.2 Å². The number of nitrogens with zero attached hydrogens (tertiary/aromatic N) is 2. The van der Waals surface area contributed by atoms with Gasteiger partial charge in [-0.2, -0.15) is 0 Å². The fourth-order valence-electron chi connectivity index (χ4n) is 1.78. The summed E-state index contributed by atoms with van der Waals surface area (Å²) in [5.74, 6) is -0.194. The van der Waals surface area contributed by atoms with Crippen LogP contribution in [0.4, 0.5) is 0 Å². The number of hydrogen-bond acceptors (Lipinski definition) is 4. The highest BCUT2D eigenvalue weighted by Gasteiger charge is 2.23. The number of allylic oxidation sites excluding steroid dienone is 1. The van der Waals surface area contributed by atoms with E-state index < -0.39 is 0 Å². The van der Waals surface area contributed by atoms with E-state index in [1.54, 1.807) is 0 Å². The zero-order valence-electron chi connectivity index (χ0n) is 10.1. The molecule has 0 bridgehead atoms. The highest BCUT2D eigenvalue weighted by molar-refractivity contribution is 6.19. The number of aliphatic hydroxyl groups excluding tert-OH is 1. The van der Waals surface area contributed by atoms with Gasteiger partial charge in [-0.25, -0.2) is 0 Å². The minimum absolute atomic E-state index is 0.0728. The normalized spacial score (nSPS) is 19.3. The standard InChI is InChI=1S/C11H19N3O2/c1-8(15)10(9(2)16)11(12)14-6-4-13(3)5-7-14/h12,15H,4-7H2,1-3H3. The molecule has 1 aliphatic rings. The van der Waals surface area contributed by atoms with Crippen molar-refractivity contribution in [3.63, 3.8) is 0 Å². The maximum absolute atomic E-state index is 11.3. The number of aliphatic hydroxyl groups is 1. The smallest absolute Gasteiger partial charge is 0.166 e. The highest BCUT2D eigenvalue weighted by atomic mass is 16.3. The monoisotopic (exact) mass is 225 g/mol. The minimum Gasteiger partial charge on any atom is -0.512 e. The van der Waals surface area contributed by atoms with E-state index in [1.165, 1.54) is 13.8 Å². The summed E-state index contributed by atoms with van der Waals surface area (Å²) >= 11 is 0. The molecule has 1 aliphatic heterocycles. The molecule has 0 atom stereocenters. The Hall–Kier alpha value is -1.36. The molecular formula is C11H19N3O2. The van der Waals surface area contributed by atoms with Gasteiger partial charge in [0.15, 0.2) is 5.78 Å². The summed E-state index contributed by atoms with van der Waals surface area (Å²) in [4.78, 5) is 15.3. The maximum Gasteiger partial charge on any atom is 0.166 e. The van der Waals surface area contributed by atoms with Crippen molar-refractivity contribution in [3.8, 4) is 0 Å². The van der Waals surface area contributed by atoms with Crippen LogP contribution in [0.25, 0.3) is 0 Å². The Morgan fingerprint density at radius 2 is 1.69 bits per heavy atom. The van der Waals surface area contributed by atoms with E-state index in [0.717, 1.165) is 26.2 Å². The number of amidine groups is 1. The predicted molar refractivity (Wildman–Crippen MR) is 62.8 cm³/mol. The van der Waals surface area contributed by atoms with E-state index in [2.05, 4.69) is 4.90 Å². The van der Waals surface area contributed by atoms with E-state index in [1.807, 2.05) is 11.9 Å². The number of carbonyl (C=O) groups is 1. The number of nitrogens with one attached hydrogen (secondary N) is 1. The summed E-state index contributed by atoms with van der Waals surface area (Å²) < 4.78 is 0. The summed E-state index contributed by atoms with van der Waals surface area (Å²) in [6.45, 7) is 6.01. The lowest BCUT2D eigenvalue weighted by molar-refractivity contribution is -0.113. The predicted octanol–water partition coefficient (Wildman–Crippen LogP) is 0.632. The van der Waals surface area contributed by atoms with Crippen LogP contribution in [0.5, 0.6) is 0 Å². The molecule has 0 aromatic carbocycles. The van der Waals surface area contributed by atoms with Crippen LogP contribution in [0.3, 0.4) is 0 Å². The molecule has 16 heavy (non-hydrogen) atoms. The summed E-state index contributed by atoms with van der Waals surface area (Å²) in [6, 6.07) is 0. The molecule has 5 nitrogen and oxygen atoms in total. The second-order valence-electron chi connectivity index (χ2n) is 4.16. The van der Waals surface area contributed by atoms with Gasteiger partial charge in [0, 0.05) is 26.2 Å². The molecule has 0 spiro atoms. The van der Waals surface area contributed by atoms with Crippen LogP contribution in [-0.2, 0) is 4.79 Å². The van der Waals surface area contributed by atoms with Gasteiger partial charge in [0.05, 0.1) is 5.57 Å². The number of hydrogen-bond donors (Lipinski definition) is 2. The van der Waals surface area contributed by atoms with Crippen molar-refractivity contribution in [2.24, 2.45) is 0 Å². The van der Waals surface area contributed by atoms with E-state index in [4.69, 9.17) is 5.41 Å². The molecule has 0 aliphatic carbocycles.